The summed E-state index contributed by atoms with van der Waals surface area (Å²) in [7, 11) is 1.55. The summed E-state index contributed by atoms with van der Waals surface area (Å²) in [5.74, 6) is 0.896. The van der Waals surface area contributed by atoms with E-state index in [-0.39, 0.29) is 5.82 Å². The highest BCUT2D eigenvalue weighted by atomic mass is 19.1. The topological polar surface area (TPSA) is 21.3 Å². The van der Waals surface area contributed by atoms with Crippen molar-refractivity contribution in [3.8, 4) is 5.75 Å². The standard InChI is InChI=1S/C13H20FNO/c1-4-5-10(2)9-15-12-7-6-11(14)8-13(12)16-3/h6-8,10,15H,4-5,9H2,1-3H3. The van der Waals surface area contributed by atoms with Crippen molar-refractivity contribution >= 4 is 5.69 Å². The SMILES string of the molecule is CCCC(C)CNc1ccc(F)cc1OC. The minimum Gasteiger partial charge on any atom is -0.494 e. The second-order valence-electron chi connectivity index (χ2n) is 4.12. The maximum absolute atomic E-state index is 12.9. The van der Waals surface area contributed by atoms with Crippen LogP contribution in [0.2, 0.25) is 0 Å². The van der Waals surface area contributed by atoms with Crippen molar-refractivity contribution in [2.75, 3.05) is 19.0 Å². The van der Waals surface area contributed by atoms with E-state index in [1.165, 1.54) is 25.0 Å². The first kappa shape index (κ1) is 12.8. The van der Waals surface area contributed by atoms with Crippen LogP contribution in [0.4, 0.5) is 10.1 Å². The van der Waals surface area contributed by atoms with Crippen LogP contribution in [0.15, 0.2) is 18.2 Å². The number of benzene rings is 1. The molecule has 0 aromatic heterocycles. The molecule has 0 aliphatic rings. The maximum Gasteiger partial charge on any atom is 0.144 e. The van der Waals surface area contributed by atoms with Crippen LogP contribution in [-0.2, 0) is 0 Å². The molecule has 1 N–H and O–H groups in total. The Labute approximate surface area is 96.8 Å². The zero-order valence-corrected chi connectivity index (χ0v) is 10.2. The van der Waals surface area contributed by atoms with Gasteiger partial charge in [-0.3, -0.25) is 0 Å². The molecule has 2 nitrogen and oxygen atoms in total. The highest BCUT2D eigenvalue weighted by Crippen LogP contribution is 2.25. The van der Waals surface area contributed by atoms with Crippen LogP contribution in [0.3, 0.4) is 0 Å². The first-order chi connectivity index (χ1) is 7.67. The highest BCUT2D eigenvalue weighted by Gasteiger charge is 2.06. The number of anilines is 1. The number of hydrogen-bond acceptors (Lipinski definition) is 2. The summed E-state index contributed by atoms with van der Waals surface area (Å²) < 4.78 is 18.1. The normalized spacial score (nSPS) is 12.2. The molecule has 1 aromatic rings. The van der Waals surface area contributed by atoms with Crippen molar-refractivity contribution in [2.45, 2.75) is 26.7 Å². The predicted octanol–water partition coefficient (Wildman–Crippen LogP) is 3.68. The van der Waals surface area contributed by atoms with E-state index in [0.29, 0.717) is 11.7 Å². The van der Waals surface area contributed by atoms with E-state index in [1.54, 1.807) is 13.2 Å². The minimum absolute atomic E-state index is 0.274. The Morgan fingerprint density at radius 3 is 2.81 bits per heavy atom. The molecular formula is C13H20FNO. The zero-order valence-electron chi connectivity index (χ0n) is 10.2. The molecule has 0 radical (unpaired) electrons. The molecule has 90 valence electrons. The molecule has 0 fully saturated rings. The summed E-state index contributed by atoms with van der Waals surface area (Å²) in [5.41, 5.74) is 0.854. The molecule has 0 saturated heterocycles. The molecule has 0 saturated carbocycles. The van der Waals surface area contributed by atoms with Crippen LogP contribution < -0.4 is 10.1 Å². The van der Waals surface area contributed by atoms with E-state index < -0.39 is 0 Å². The molecule has 0 aliphatic heterocycles. The number of halogens is 1. The van der Waals surface area contributed by atoms with Crippen molar-refractivity contribution in [3.05, 3.63) is 24.0 Å². The number of ether oxygens (including phenoxy) is 1. The molecule has 3 heteroatoms. The van der Waals surface area contributed by atoms with E-state index in [9.17, 15) is 4.39 Å². The molecule has 1 rings (SSSR count). The lowest BCUT2D eigenvalue weighted by atomic mass is 10.1. The Kier molecular flexibility index (Phi) is 5.09. The number of nitrogens with one attached hydrogen (secondary N) is 1. The molecular weight excluding hydrogens is 205 g/mol. The first-order valence-electron chi connectivity index (χ1n) is 5.74. The molecule has 1 unspecified atom stereocenters. The summed E-state index contributed by atoms with van der Waals surface area (Å²) in [6, 6.07) is 4.55. The van der Waals surface area contributed by atoms with Crippen molar-refractivity contribution in [1.82, 2.24) is 0 Å². The lowest BCUT2D eigenvalue weighted by molar-refractivity contribution is 0.412. The molecule has 0 aliphatic carbocycles. The molecule has 0 spiro atoms. The van der Waals surface area contributed by atoms with E-state index in [0.717, 1.165) is 12.2 Å². The van der Waals surface area contributed by atoms with E-state index >= 15 is 0 Å². The average Bonchev–Trinajstić information content (AvgIpc) is 2.27. The van der Waals surface area contributed by atoms with Gasteiger partial charge in [0.05, 0.1) is 12.8 Å². The van der Waals surface area contributed by atoms with Crippen molar-refractivity contribution in [2.24, 2.45) is 5.92 Å². The molecule has 0 amide bonds. The lowest BCUT2D eigenvalue weighted by Crippen LogP contribution is -2.11. The van der Waals surface area contributed by atoms with Crippen LogP contribution >= 0.6 is 0 Å². The van der Waals surface area contributed by atoms with Gasteiger partial charge in [-0.1, -0.05) is 20.3 Å². The monoisotopic (exact) mass is 225 g/mol. The summed E-state index contributed by atoms with van der Waals surface area (Å²) in [5, 5.41) is 3.28. The van der Waals surface area contributed by atoms with Crippen molar-refractivity contribution in [1.29, 1.82) is 0 Å². The lowest BCUT2D eigenvalue weighted by Gasteiger charge is -2.15. The third-order valence-corrected chi connectivity index (χ3v) is 2.59. The van der Waals surface area contributed by atoms with Gasteiger partial charge in [0.1, 0.15) is 11.6 Å². The minimum atomic E-state index is -0.274. The third kappa shape index (κ3) is 3.72. The number of rotatable bonds is 6. The van der Waals surface area contributed by atoms with Crippen LogP contribution in [-0.4, -0.2) is 13.7 Å². The average molecular weight is 225 g/mol. The van der Waals surface area contributed by atoms with Crippen LogP contribution in [0.1, 0.15) is 26.7 Å². The fourth-order valence-electron chi connectivity index (χ4n) is 1.69. The zero-order chi connectivity index (χ0) is 12.0. The summed E-state index contributed by atoms with van der Waals surface area (Å²) in [6.07, 6.45) is 2.37. The number of methoxy groups -OCH3 is 1. The molecule has 0 heterocycles. The van der Waals surface area contributed by atoms with Crippen LogP contribution in [0.5, 0.6) is 5.75 Å². The third-order valence-electron chi connectivity index (χ3n) is 2.59. The first-order valence-corrected chi connectivity index (χ1v) is 5.74. The maximum atomic E-state index is 12.9. The van der Waals surface area contributed by atoms with Gasteiger partial charge >= 0.3 is 0 Å². The smallest absolute Gasteiger partial charge is 0.144 e. The van der Waals surface area contributed by atoms with Gasteiger partial charge in [-0.05, 0) is 24.5 Å². The van der Waals surface area contributed by atoms with Gasteiger partial charge in [-0.2, -0.15) is 0 Å². The van der Waals surface area contributed by atoms with E-state index in [1.807, 2.05) is 0 Å². The Morgan fingerprint density at radius 1 is 1.44 bits per heavy atom. The van der Waals surface area contributed by atoms with Crippen LogP contribution in [0.25, 0.3) is 0 Å². The second kappa shape index (κ2) is 6.36. The van der Waals surface area contributed by atoms with Gasteiger partial charge in [0, 0.05) is 12.6 Å². The Bertz CT molecular complexity index is 328. The predicted molar refractivity (Wildman–Crippen MR) is 65.5 cm³/mol. The quantitative estimate of drug-likeness (QED) is 0.797. The van der Waals surface area contributed by atoms with Gasteiger partial charge < -0.3 is 10.1 Å². The molecule has 0 bridgehead atoms. The van der Waals surface area contributed by atoms with Gasteiger partial charge in [-0.25, -0.2) is 4.39 Å². The van der Waals surface area contributed by atoms with E-state index in [4.69, 9.17) is 4.74 Å². The largest absolute Gasteiger partial charge is 0.494 e. The van der Waals surface area contributed by atoms with Gasteiger partial charge in [-0.15, -0.1) is 0 Å². The molecule has 1 aromatic carbocycles. The van der Waals surface area contributed by atoms with Crippen molar-refractivity contribution in [3.63, 3.8) is 0 Å². The van der Waals surface area contributed by atoms with Crippen molar-refractivity contribution < 1.29 is 9.13 Å². The summed E-state index contributed by atoms with van der Waals surface area (Å²) in [6.45, 7) is 5.26. The summed E-state index contributed by atoms with van der Waals surface area (Å²) in [4.78, 5) is 0. The highest BCUT2D eigenvalue weighted by molar-refractivity contribution is 5.56. The molecule has 16 heavy (non-hydrogen) atoms. The van der Waals surface area contributed by atoms with Crippen LogP contribution in [0, 0.1) is 11.7 Å². The van der Waals surface area contributed by atoms with Gasteiger partial charge in [0.2, 0.25) is 0 Å². The molecule has 1 atom stereocenters. The number of hydrogen-bond donors (Lipinski definition) is 1. The Hall–Kier alpha value is -1.25. The van der Waals surface area contributed by atoms with Gasteiger partial charge in [0.25, 0.3) is 0 Å². The summed E-state index contributed by atoms with van der Waals surface area (Å²) >= 11 is 0. The Balaban J connectivity index is 2.59. The fraction of sp³-hybridized carbons (Fsp3) is 0.538. The fourth-order valence-corrected chi connectivity index (χ4v) is 1.69. The van der Waals surface area contributed by atoms with E-state index in [2.05, 4.69) is 19.2 Å². The van der Waals surface area contributed by atoms with Gasteiger partial charge in [0.15, 0.2) is 0 Å². The second-order valence-corrected chi connectivity index (χ2v) is 4.12. The Morgan fingerprint density at radius 2 is 2.19 bits per heavy atom.